The first-order valence-corrected chi connectivity index (χ1v) is 6.85. The predicted octanol–water partition coefficient (Wildman–Crippen LogP) is 1.68. The van der Waals surface area contributed by atoms with Crippen LogP contribution in [0.4, 0.5) is 11.4 Å². The Kier molecular flexibility index (Phi) is 5.27. The molecule has 0 atom stereocenters. The quantitative estimate of drug-likeness (QED) is 0.287. The molecule has 0 radical (unpaired) electrons. The number of hydrogen-bond donors (Lipinski definition) is 1. The molecule has 0 aliphatic heterocycles. The highest BCUT2D eigenvalue weighted by Gasteiger charge is 2.20. The largest absolute Gasteiger partial charge is 0.618 e. The van der Waals surface area contributed by atoms with E-state index in [1.807, 2.05) is 0 Å². The SMILES string of the molecule is O=C(COC(=O)c1cccc[n+]1[O-])Nc1cc(Cl)ccc1[N+](=O)[O-]. The second-order valence-corrected chi connectivity index (χ2v) is 4.89. The number of carbonyl (C=O) groups is 2. The molecule has 9 nitrogen and oxygen atoms in total. The van der Waals surface area contributed by atoms with Gasteiger partial charge in [0.15, 0.2) is 12.8 Å². The molecule has 0 bridgehead atoms. The molecule has 0 saturated carbocycles. The van der Waals surface area contributed by atoms with Gasteiger partial charge >= 0.3 is 11.7 Å². The molecule has 24 heavy (non-hydrogen) atoms. The number of ether oxygens (including phenoxy) is 1. The number of nitro benzene ring substituents is 1. The van der Waals surface area contributed by atoms with Crippen molar-refractivity contribution in [1.82, 2.24) is 0 Å². The number of carbonyl (C=O) groups excluding carboxylic acids is 2. The summed E-state index contributed by atoms with van der Waals surface area (Å²) in [7, 11) is 0. The molecule has 1 aromatic carbocycles. The number of benzene rings is 1. The van der Waals surface area contributed by atoms with Crippen molar-refractivity contribution in [3.8, 4) is 0 Å². The van der Waals surface area contributed by atoms with E-state index in [1.165, 1.54) is 30.3 Å². The van der Waals surface area contributed by atoms with Crippen LogP contribution in [0.2, 0.25) is 5.02 Å². The summed E-state index contributed by atoms with van der Waals surface area (Å²) in [6, 6.07) is 7.75. The van der Waals surface area contributed by atoms with E-state index < -0.39 is 23.4 Å². The van der Waals surface area contributed by atoms with Crippen molar-refractivity contribution in [1.29, 1.82) is 0 Å². The van der Waals surface area contributed by atoms with Crippen LogP contribution in [-0.2, 0) is 9.53 Å². The average molecular weight is 352 g/mol. The van der Waals surface area contributed by atoms with Gasteiger partial charge in [0, 0.05) is 23.2 Å². The summed E-state index contributed by atoms with van der Waals surface area (Å²) >= 11 is 5.73. The summed E-state index contributed by atoms with van der Waals surface area (Å²) in [5.41, 5.74) is -0.786. The fraction of sp³-hybridized carbons (Fsp3) is 0.0714. The molecule has 0 unspecified atom stereocenters. The van der Waals surface area contributed by atoms with Crippen molar-refractivity contribution in [2.45, 2.75) is 0 Å². The van der Waals surface area contributed by atoms with Gasteiger partial charge in [0.05, 0.1) is 4.92 Å². The summed E-state index contributed by atoms with van der Waals surface area (Å²) < 4.78 is 4.99. The second kappa shape index (κ2) is 7.38. The first-order valence-electron chi connectivity index (χ1n) is 6.47. The van der Waals surface area contributed by atoms with Crippen LogP contribution in [0.15, 0.2) is 42.6 Å². The molecular formula is C14H10ClN3O6. The minimum atomic E-state index is -0.999. The zero-order valence-corrected chi connectivity index (χ0v) is 12.7. The van der Waals surface area contributed by atoms with Gasteiger partial charge in [-0.1, -0.05) is 11.6 Å². The summed E-state index contributed by atoms with van der Waals surface area (Å²) in [6.07, 6.45) is 1.10. The highest BCUT2D eigenvalue weighted by Crippen LogP contribution is 2.27. The van der Waals surface area contributed by atoms with E-state index in [0.717, 1.165) is 12.3 Å². The Hall–Kier alpha value is -3.20. The number of pyridine rings is 1. The van der Waals surface area contributed by atoms with E-state index >= 15 is 0 Å². The maximum Gasteiger partial charge on any atom is 0.405 e. The van der Waals surface area contributed by atoms with Crippen molar-refractivity contribution in [2.24, 2.45) is 0 Å². The third-order valence-electron chi connectivity index (χ3n) is 2.80. The average Bonchev–Trinajstić information content (AvgIpc) is 2.53. The van der Waals surface area contributed by atoms with Gasteiger partial charge in [0.25, 0.3) is 11.6 Å². The van der Waals surface area contributed by atoms with Gasteiger partial charge in [-0.3, -0.25) is 14.9 Å². The van der Waals surface area contributed by atoms with E-state index in [1.54, 1.807) is 0 Å². The summed E-state index contributed by atoms with van der Waals surface area (Å²) in [6.45, 7) is -0.725. The normalized spacial score (nSPS) is 10.0. The Labute approximate surface area is 140 Å². The van der Waals surface area contributed by atoms with Crippen molar-refractivity contribution < 1.29 is 24.0 Å². The Morgan fingerprint density at radius 1 is 1.29 bits per heavy atom. The molecule has 0 spiro atoms. The standard InChI is InChI=1S/C14H10ClN3O6/c15-9-4-5-11(18(22)23)10(7-9)16-13(19)8-24-14(20)12-3-1-2-6-17(12)21/h1-7H,8H2,(H,16,19). The molecular weight excluding hydrogens is 342 g/mol. The molecule has 1 amide bonds. The highest BCUT2D eigenvalue weighted by molar-refractivity contribution is 6.31. The van der Waals surface area contributed by atoms with Gasteiger partial charge < -0.3 is 15.3 Å². The lowest BCUT2D eigenvalue weighted by Gasteiger charge is -2.07. The zero-order valence-electron chi connectivity index (χ0n) is 12.0. The first-order chi connectivity index (χ1) is 11.4. The lowest BCUT2D eigenvalue weighted by atomic mass is 10.2. The predicted molar refractivity (Wildman–Crippen MR) is 82.4 cm³/mol. The van der Waals surface area contributed by atoms with Crippen LogP contribution in [0, 0.1) is 15.3 Å². The van der Waals surface area contributed by atoms with E-state index in [0.29, 0.717) is 4.73 Å². The molecule has 0 saturated heterocycles. The van der Waals surface area contributed by atoms with Crippen molar-refractivity contribution >= 4 is 34.9 Å². The number of rotatable bonds is 5. The van der Waals surface area contributed by atoms with Crippen molar-refractivity contribution in [3.05, 3.63) is 68.6 Å². The Morgan fingerprint density at radius 3 is 2.71 bits per heavy atom. The Bertz CT molecular complexity index is 811. The van der Waals surface area contributed by atoms with Gasteiger partial charge in [-0.25, -0.2) is 4.79 Å². The van der Waals surface area contributed by atoms with Crippen LogP contribution in [-0.4, -0.2) is 23.4 Å². The smallest absolute Gasteiger partial charge is 0.405 e. The summed E-state index contributed by atoms with van der Waals surface area (Å²) in [5, 5.41) is 24.7. The van der Waals surface area contributed by atoms with E-state index in [-0.39, 0.29) is 22.1 Å². The fourth-order valence-electron chi connectivity index (χ4n) is 1.75. The molecule has 10 heteroatoms. The number of nitrogens with zero attached hydrogens (tertiary/aromatic N) is 2. The zero-order chi connectivity index (χ0) is 17.7. The number of hydrogen-bond acceptors (Lipinski definition) is 6. The molecule has 2 rings (SSSR count). The number of aromatic nitrogens is 1. The third-order valence-corrected chi connectivity index (χ3v) is 3.03. The van der Waals surface area contributed by atoms with Crippen LogP contribution in [0.1, 0.15) is 10.5 Å². The van der Waals surface area contributed by atoms with Gasteiger partial charge in [0.2, 0.25) is 0 Å². The maximum atomic E-state index is 11.8. The highest BCUT2D eigenvalue weighted by atomic mass is 35.5. The minimum absolute atomic E-state index is 0.132. The van der Waals surface area contributed by atoms with Crippen molar-refractivity contribution in [2.75, 3.05) is 11.9 Å². The fourth-order valence-corrected chi connectivity index (χ4v) is 1.92. The second-order valence-electron chi connectivity index (χ2n) is 4.45. The molecule has 1 heterocycles. The van der Waals surface area contributed by atoms with E-state index in [2.05, 4.69) is 5.32 Å². The number of nitrogens with one attached hydrogen (secondary N) is 1. The third kappa shape index (κ3) is 4.17. The number of nitro groups is 1. The van der Waals surface area contributed by atoms with E-state index in [9.17, 15) is 24.9 Å². The Morgan fingerprint density at radius 2 is 2.04 bits per heavy atom. The summed E-state index contributed by atoms with van der Waals surface area (Å²) in [4.78, 5) is 33.7. The monoisotopic (exact) mass is 351 g/mol. The lowest BCUT2D eigenvalue weighted by molar-refractivity contribution is -0.608. The van der Waals surface area contributed by atoms with Crippen LogP contribution in [0.3, 0.4) is 0 Å². The molecule has 0 aliphatic rings. The summed E-state index contributed by atoms with van der Waals surface area (Å²) in [5.74, 6) is -1.82. The molecule has 124 valence electrons. The van der Waals surface area contributed by atoms with Crippen LogP contribution >= 0.6 is 11.6 Å². The number of anilines is 1. The lowest BCUT2D eigenvalue weighted by Crippen LogP contribution is -2.35. The molecule has 2 aromatic rings. The molecule has 1 aromatic heterocycles. The Balaban J connectivity index is 2.02. The van der Waals surface area contributed by atoms with Gasteiger partial charge in [-0.15, -0.1) is 0 Å². The van der Waals surface area contributed by atoms with Crippen LogP contribution < -0.4 is 10.0 Å². The van der Waals surface area contributed by atoms with Crippen LogP contribution in [0.25, 0.3) is 0 Å². The molecule has 0 fully saturated rings. The van der Waals surface area contributed by atoms with E-state index in [4.69, 9.17) is 16.3 Å². The first kappa shape index (κ1) is 17.2. The van der Waals surface area contributed by atoms with Gasteiger partial charge in [0.1, 0.15) is 5.69 Å². The molecule has 1 N–H and O–H groups in total. The number of amides is 1. The topological polar surface area (TPSA) is 125 Å². The number of halogens is 1. The minimum Gasteiger partial charge on any atom is -0.618 e. The van der Waals surface area contributed by atoms with Crippen LogP contribution in [0.5, 0.6) is 0 Å². The van der Waals surface area contributed by atoms with Gasteiger partial charge in [-0.2, -0.15) is 4.73 Å². The molecule has 0 aliphatic carbocycles. The maximum absolute atomic E-state index is 11.8. The van der Waals surface area contributed by atoms with Gasteiger partial charge in [-0.05, 0) is 18.2 Å². The van der Waals surface area contributed by atoms with Crippen molar-refractivity contribution in [3.63, 3.8) is 0 Å². The number of esters is 1.